The lowest BCUT2D eigenvalue weighted by Crippen LogP contribution is -2.44. The van der Waals surface area contributed by atoms with Gasteiger partial charge in [-0.05, 0) is 11.8 Å². The number of aromatic amines is 1. The van der Waals surface area contributed by atoms with Crippen LogP contribution >= 0.6 is 0 Å². The molecule has 0 radical (unpaired) electrons. The van der Waals surface area contributed by atoms with Gasteiger partial charge in [0.25, 0.3) is 5.91 Å². The van der Waals surface area contributed by atoms with Crippen LogP contribution in [-0.2, 0) is 4.74 Å². The Hall–Kier alpha value is -1.92. The van der Waals surface area contributed by atoms with Gasteiger partial charge in [-0.3, -0.25) is 4.79 Å². The number of H-pyrrole nitrogens is 1. The first-order chi connectivity index (χ1) is 10.9. The zero-order valence-corrected chi connectivity index (χ0v) is 13.0. The van der Waals surface area contributed by atoms with E-state index in [0.29, 0.717) is 18.0 Å². The van der Waals surface area contributed by atoms with Crippen molar-refractivity contribution in [1.82, 2.24) is 15.3 Å². The van der Waals surface area contributed by atoms with Crippen molar-refractivity contribution in [2.45, 2.75) is 44.8 Å². The molecule has 1 aromatic heterocycles. The molecule has 2 rings (SSSR count). The summed E-state index contributed by atoms with van der Waals surface area (Å²) in [6.45, 7) is 3.62. The highest BCUT2D eigenvalue weighted by atomic mass is 16.6. The van der Waals surface area contributed by atoms with Crippen LogP contribution in [-0.4, -0.2) is 62.3 Å². The number of nitrogens with one attached hydrogen (secondary N) is 2. The van der Waals surface area contributed by atoms with Crippen molar-refractivity contribution in [2.75, 3.05) is 6.61 Å². The Balaban J connectivity index is 2.04. The SMILES string of the molecule is CC(C)CC#Cc1[nH]cnc1C(=O)N[C@@H]1O[C@H](CO)[C@@H](O)[C@H]1O. The number of imidazole rings is 1. The quantitative estimate of drug-likeness (QED) is 0.451. The fraction of sp³-hybridized carbons (Fsp3) is 0.600. The third kappa shape index (κ3) is 4.09. The predicted molar refractivity (Wildman–Crippen MR) is 80.1 cm³/mol. The second kappa shape index (κ2) is 7.57. The molecule has 1 aliphatic rings. The maximum atomic E-state index is 12.2. The molecule has 0 saturated carbocycles. The summed E-state index contributed by atoms with van der Waals surface area (Å²) in [6.07, 6.45) is -2.62. The molecule has 1 aliphatic heterocycles. The first kappa shape index (κ1) is 17.4. The number of aliphatic hydroxyl groups is 3. The van der Waals surface area contributed by atoms with E-state index in [2.05, 4.69) is 27.1 Å². The number of aromatic nitrogens is 2. The van der Waals surface area contributed by atoms with Gasteiger partial charge in [0, 0.05) is 6.42 Å². The molecule has 1 aromatic rings. The molecule has 4 atom stereocenters. The number of hydrogen-bond donors (Lipinski definition) is 5. The second-order valence-corrected chi connectivity index (χ2v) is 5.76. The van der Waals surface area contributed by atoms with Crippen molar-refractivity contribution in [3.63, 3.8) is 0 Å². The zero-order valence-electron chi connectivity index (χ0n) is 13.0. The number of hydrogen-bond acceptors (Lipinski definition) is 6. The summed E-state index contributed by atoms with van der Waals surface area (Å²) in [5.41, 5.74) is 0.453. The Morgan fingerprint density at radius 1 is 1.48 bits per heavy atom. The Morgan fingerprint density at radius 3 is 2.83 bits per heavy atom. The number of carbonyl (C=O) groups is 1. The monoisotopic (exact) mass is 323 g/mol. The van der Waals surface area contributed by atoms with E-state index in [1.807, 2.05) is 13.8 Å². The number of ether oxygens (including phenoxy) is 1. The van der Waals surface area contributed by atoms with Crippen LogP contribution in [0.4, 0.5) is 0 Å². The van der Waals surface area contributed by atoms with Crippen LogP contribution in [0.15, 0.2) is 6.33 Å². The van der Waals surface area contributed by atoms with Gasteiger partial charge in [-0.2, -0.15) is 0 Å². The molecule has 0 aromatic carbocycles. The molecule has 8 heteroatoms. The molecule has 0 spiro atoms. The lowest BCUT2D eigenvalue weighted by atomic mass is 10.1. The highest BCUT2D eigenvalue weighted by Crippen LogP contribution is 2.19. The van der Waals surface area contributed by atoms with Crippen molar-refractivity contribution in [3.8, 4) is 11.8 Å². The summed E-state index contributed by atoms with van der Waals surface area (Å²) in [6, 6.07) is 0. The molecular formula is C15H21N3O5. The first-order valence-electron chi connectivity index (χ1n) is 7.39. The fourth-order valence-corrected chi connectivity index (χ4v) is 2.12. The molecular weight excluding hydrogens is 302 g/mol. The highest BCUT2D eigenvalue weighted by molar-refractivity contribution is 5.94. The standard InChI is InChI=1S/C15H21N3O5/c1-8(2)4-3-5-9-11(17-7-16-9)14(22)18-15-13(21)12(20)10(6-19)23-15/h7-8,10,12-13,15,19-21H,4,6H2,1-2H3,(H,16,17)(H,18,22)/t10-,12-,13-,15-/m1/s1. The van der Waals surface area contributed by atoms with Crippen molar-refractivity contribution >= 4 is 5.91 Å². The first-order valence-corrected chi connectivity index (χ1v) is 7.39. The van der Waals surface area contributed by atoms with Crippen LogP contribution in [0.25, 0.3) is 0 Å². The Bertz CT molecular complexity index is 604. The maximum absolute atomic E-state index is 12.2. The van der Waals surface area contributed by atoms with Crippen LogP contribution in [0.3, 0.4) is 0 Å². The highest BCUT2D eigenvalue weighted by Gasteiger charge is 2.43. The van der Waals surface area contributed by atoms with Crippen LogP contribution in [0.1, 0.15) is 36.5 Å². The van der Waals surface area contributed by atoms with E-state index in [1.165, 1.54) is 6.33 Å². The molecule has 8 nitrogen and oxygen atoms in total. The molecule has 2 heterocycles. The van der Waals surface area contributed by atoms with Crippen molar-refractivity contribution in [2.24, 2.45) is 5.92 Å². The van der Waals surface area contributed by atoms with Crippen LogP contribution in [0, 0.1) is 17.8 Å². The number of rotatable bonds is 4. The topological polar surface area (TPSA) is 128 Å². The lowest BCUT2D eigenvalue weighted by Gasteiger charge is -2.15. The van der Waals surface area contributed by atoms with Gasteiger partial charge in [0.2, 0.25) is 0 Å². The normalized spacial score (nSPS) is 26.9. The van der Waals surface area contributed by atoms with Crippen molar-refractivity contribution in [1.29, 1.82) is 0 Å². The minimum Gasteiger partial charge on any atom is -0.394 e. The van der Waals surface area contributed by atoms with E-state index in [1.54, 1.807) is 0 Å². The largest absolute Gasteiger partial charge is 0.394 e. The minimum absolute atomic E-state index is 0.0824. The van der Waals surface area contributed by atoms with Crippen LogP contribution in [0.2, 0.25) is 0 Å². The van der Waals surface area contributed by atoms with Crippen LogP contribution < -0.4 is 5.32 Å². The molecule has 1 fully saturated rings. The molecule has 0 aliphatic carbocycles. The lowest BCUT2D eigenvalue weighted by molar-refractivity contribution is -0.0305. The van der Waals surface area contributed by atoms with Gasteiger partial charge in [-0.15, -0.1) is 0 Å². The summed E-state index contributed by atoms with van der Waals surface area (Å²) >= 11 is 0. The number of carbonyl (C=O) groups excluding carboxylic acids is 1. The third-order valence-electron chi connectivity index (χ3n) is 3.39. The molecule has 126 valence electrons. The molecule has 5 N–H and O–H groups in total. The minimum atomic E-state index is -1.33. The van der Waals surface area contributed by atoms with E-state index < -0.39 is 37.1 Å². The van der Waals surface area contributed by atoms with Gasteiger partial charge in [-0.1, -0.05) is 19.8 Å². The molecule has 0 bridgehead atoms. The molecule has 1 amide bonds. The summed E-state index contributed by atoms with van der Waals surface area (Å²) in [5.74, 6) is 5.63. The van der Waals surface area contributed by atoms with Gasteiger partial charge in [0.1, 0.15) is 24.0 Å². The van der Waals surface area contributed by atoms with E-state index >= 15 is 0 Å². The number of aliphatic hydroxyl groups excluding tert-OH is 3. The average Bonchev–Trinajstić information content (AvgIpc) is 3.07. The fourth-order valence-electron chi connectivity index (χ4n) is 2.12. The Labute approximate surface area is 133 Å². The average molecular weight is 323 g/mol. The molecule has 0 unspecified atom stereocenters. The van der Waals surface area contributed by atoms with Gasteiger partial charge < -0.3 is 30.4 Å². The number of amides is 1. The maximum Gasteiger partial charge on any atom is 0.274 e. The van der Waals surface area contributed by atoms with Gasteiger partial charge >= 0.3 is 0 Å². The summed E-state index contributed by atoms with van der Waals surface area (Å²) in [7, 11) is 0. The van der Waals surface area contributed by atoms with Gasteiger partial charge in [-0.25, -0.2) is 4.98 Å². The molecule has 1 saturated heterocycles. The van der Waals surface area contributed by atoms with Crippen molar-refractivity contribution in [3.05, 3.63) is 17.7 Å². The van der Waals surface area contributed by atoms with Crippen molar-refractivity contribution < 1.29 is 24.9 Å². The van der Waals surface area contributed by atoms with E-state index in [0.717, 1.165) is 0 Å². The van der Waals surface area contributed by atoms with E-state index in [4.69, 9.17) is 9.84 Å². The second-order valence-electron chi connectivity index (χ2n) is 5.76. The summed E-state index contributed by atoms with van der Waals surface area (Å²) in [4.78, 5) is 18.9. The summed E-state index contributed by atoms with van der Waals surface area (Å²) < 4.78 is 5.20. The third-order valence-corrected chi connectivity index (χ3v) is 3.39. The zero-order chi connectivity index (χ0) is 17.0. The van der Waals surface area contributed by atoms with E-state index in [-0.39, 0.29) is 5.69 Å². The summed E-state index contributed by atoms with van der Waals surface area (Å²) in [5, 5.41) is 30.9. The van der Waals surface area contributed by atoms with E-state index in [9.17, 15) is 15.0 Å². The van der Waals surface area contributed by atoms with Gasteiger partial charge in [0.05, 0.1) is 12.9 Å². The van der Waals surface area contributed by atoms with Crippen LogP contribution in [0.5, 0.6) is 0 Å². The molecule has 23 heavy (non-hydrogen) atoms. The smallest absolute Gasteiger partial charge is 0.274 e. The Morgan fingerprint density at radius 2 is 2.22 bits per heavy atom. The van der Waals surface area contributed by atoms with Gasteiger partial charge in [0.15, 0.2) is 11.9 Å². The number of nitrogens with zero attached hydrogens (tertiary/aromatic N) is 1. The Kier molecular flexibility index (Phi) is 5.74. The predicted octanol–water partition coefficient (Wildman–Crippen LogP) is -1.02.